The Kier molecular flexibility index (Phi) is 2.79. The van der Waals surface area contributed by atoms with Crippen molar-refractivity contribution in [1.29, 1.82) is 0 Å². The number of fused-ring (bicyclic) bond motifs is 1. The molecule has 0 spiro atoms. The molecule has 1 saturated heterocycles. The van der Waals surface area contributed by atoms with Gasteiger partial charge in [-0.2, -0.15) is 0 Å². The standard InChI is InChI=1S/C14H18BNO2S/c1-9-16-11-7-6-10(8-12(11)19-9)15-17-13(2,3)14(4,5)18-15/h6-8H,1-5H3. The maximum absolute atomic E-state index is 6.07. The highest BCUT2D eigenvalue weighted by molar-refractivity contribution is 7.18. The second kappa shape index (κ2) is 4.04. The summed E-state index contributed by atoms with van der Waals surface area (Å²) in [6.07, 6.45) is 0. The van der Waals surface area contributed by atoms with Gasteiger partial charge in [-0.3, -0.25) is 0 Å². The first-order chi connectivity index (χ1) is 8.78. The number of hydrogen-bond donors (Lipinski definition) is 0. The third-order valence-electron chi connectivity index (χ3n) is 4.04. The van der Waals surface area contributed by atoms with Crippen LogP contribution in [-0.4, -0.2) is 23.3 Å². The van der Waals surface area contributed by atoms with E-state index in [1.807, 2.05) is 19.1 Å². The van der Waals surface area contributed by atoms with Gasteiger partial charge in [-0.1, -0.05) is 6.07 Å². The Balaban J connectivity index is 1.97. The lowest BCUT2D eigenvalue weighted by Crippen LogP contribution is -2.41. The number of rotatable bonds is 1. The Morgan fingerprint density at radius 2 is 1.74 bits per heavy atom. The van der Waals surface area contributed by atoms with Crippen molar-refractivity contribution in [3.63, 3.8) is 0 Å². The van der Waals surface area contributed by atoms with Crippen LogP contribution in [-0.2, 0) is 9.31 Å². The van der Waals surface area contributed by atoms with Crippen molar-refractivity contribution in [2.75, 3.05) is 0 Å². The molecule has 2 heterocycles. The summed E-state index contributed by atoms with van der Waals surface area (Å²) < 4.78 is 13.3. The lowest BCUT2D eigenvalue weighted by molar-refractivity contribution is 0.00578. The molecule has 19 heavy (non-hydrogen) atoms. The largest absolute Gasteiger partial charge is 0.494 e. The van der Waals surface area contributed by atoms with Gasteiger partial charge in [-0.25, -0.2) is 4.98 Å². The summed E-state index contributed by atoms with van der Waals surface area (Å²) in [6.45, 7) is 10.3. The van der Waals surface area contributed by atoms with E-state index >= 15 is 0 Å². The van der Waals surface area contributed by atoms with E-state index < -0.39 is 0 Å². The van der Waals surface area contributed by atoms with E-state index in [-0.39, 0.29) is 18.3 Å². The monoisotopic (exact) mass is 275 g/mol. The first-order valence-electron chi connectivity index (χ1n) is 6.51. The van der Waals surface area contributed by atoms with E-state index in [0.29, 0.717) is 0 Å². The van der Waals surface area contributed by atoms with Gasteiger partial charge >= 0.3 is 7.12 Å². The van der Waals surface area contributed by atoms with Gasteiger partial charge in [0.15, 0.2) is 0 Å². The number of benzene rings is 1. The van der Waals surface area contributed by atoms with Crippen molar-refractivity contribution in [2.45, 2.75) is 45.8 Å². The number of hydrogen-bond acceptors (Lipinski definition) is 4. The number of aryl methyl sites for hydroxylation is 1. The highest BCUT2D eigenvalue weighted by Crippen LogP contribution is 2.36. The van der Waals surface area contributed by atoms with Crippen molar-refractivity contribution in [3.8, 4) is 0 Å². The highest BCUT2D eigenvalue weighted by Gasteiger charge is 2.51. The minimum Gasteiger partial charge on any atom is -0.399 e. The third kappa shape index (κ3) is 2.10. The topological polar surface area (TPSA) is 31.4 Å². The smallest absolute Gasteiger partial charge is 0.399 e. The molecule has 100 valence electrons. The van der Waals surface area contributed by atoms with Gasteiger partial charge in [-0.15, -0.1) is 11.3 Å². The molecule has 1 aromatic heterocycles. The molecule has 3 rings (SSSR count). The summed E-state index contributed by atoms with van der Waals surface area (Å²) in [7, 11) is -0.295. The second-order valence-corrected chi connectivity index (χ2v) is 7.28. The maximum atomic E-state index is 6.07. The molecule has 1 aliphatic rings. The molecular formula is C14H18BNO2S. The zero-order valence-electron chi connectivity index (χ0n) is 12.0. The molecule has 3 nitrogen and oxygen atoms in total. The molecule has 0 aliphatic carbocycles. The summed E-state index contributed by atoms with van der Waals surface area (Å²) in [6, 6.07) is 6.21. The predicted octanol–water partition coefficient (Wildman–Crippen LogP) is 2.90. The van der Waals surface area contributed by atoms with E-state index in [1.165, 1.54) is 4.70 Å². The van der Waals surface area contributed by atoms with Crippen molar-refractivity contribution in [1.82, 2.24) is 4.98 Å². The van der Waals surface area contributed by atoms with Crippen molar-refractivity contribution in [2.24, 2.45) is 0 Å². The van der Waals surface area contributed by atoms with Crippen LogP contribution in [0.1, 0.15) is 32.7 Å². The summed E-state index contributed by atoms with van der Waals surface area (Å²) in [5.74, 6) is 0. The molecule has 0 unspecified atom stereocenters. The molecule has 1 aromatic carbocycles. The molecule has 1 aliphatic heterocycles. The zero-order chi connectivity index (χ0) is 13.8. The summed E-state index contributed by atoms with van der Waals surface area (Å²) in [5, 5.41) is 1.08. The zero-order valence-corrected chi connectivity index (χ0v) is 12.8. The Morgan fingerprint density at radius 3 is 2.37 bits per heavy atom. The fraction of sp³-hybridized carbons (Fsp3) is 0.500. The molecule has 0 atom stereocenters. The van der Waals surface area contributed by atoms with Crippen molar-refractivity contribution < 1.29 is 9.31 Å². The fourth-order valence-corrected chi connectivity index (χ4v) is 3.06. The SMILES string of the molecule is Cc1nc2ccc(B3OC(C)(C)C(C)(C)O3)cc2s1. The van der Waals surface area contributed by atoms with Crippen LogP contribution >= 0.6 is 11.3 Å². The normalized spacial score (nSPS) is 21.2. The molecule has 0 bridgehead atoms. The Hall–Kier alpha value is -0.905. The van der Waals surface area contributed by atoms with Crippen LogP contribution in [0.5, 0.6) is 0 Å². The number of thiazole rings is 1. The molecule has 0 N–H and O–H groups in total. The number of nitrogens with zero attached hydrogens (tertiary/aromatic N) is 1. The van der Waals surface area contributed by atoms with E-state index in [0.717, 1.165) is 16.0 Å². The van der Waals surface area contributed by atoms with Crippen LogP contribution in [0.2, 0.25) is 0 Å². The van der Waals surface area contributed by atoms with Crippen LogP contribution in [0, 0.1) is 6.92 Å². The van der Waals surface area contributed by atoms with Crippen molar-refractivity contribution >= 4 is 34.1 Å². The van der Waals surface area contributed by atoms with Crippen LogP contribution < -0.4 is 5.46 Å². The molecule has 1 fully saturated rings. The van der Waals surface area contributed by atoms with Gasteiger partial charge in [0.1, 0.15) is 0 Å². The first-order valence-corrected chi connectivity index (χ1v) is 7.33. The summed E-state index contributed by atoms with van der Waals surface area (Å²) in [4.78, 5) is 4.47. The maximum Gasteiger partial charge on any atom is 0.494 e. The molecule has 0 radical (unpaired) electrons. The van der Waals surface area contributed by atoms with E-state index in [2.05, 4.69) is 38.7 Å². The van der Waals surface area contributed by atoms with Gasteiger partial charge in [0.25, 0.3) is 0 Å². The minimum atomic E-state index is -0.295. The average Bonchev–Trinajstić information content (AvgIpc) is 2.74. The highest BCUT2D eigenvalue weighted by atomic mass is 32.1. The van der Waals surface area contributed by atoms with Gasteiger partial charge in [0.05, 0.1) is 26.4 Å². The second-order valence-electron chi connectivity index (χ2n) is 6.05. The van der Waals surface area contributed by atoms with Crippen LogP contribution in [0.25, 0.3) is 10.2 Å². The average molecular weight is 275 g/mol. The lowest BCUT2D eigenvalue weighted by atomic mass is 9.79. The Labute approximate surface area is 118 Å². The molecular weight excluding hydrogens is 257 g/mol. The first kappa shape index (κ1) is 13.1. The van der Waals surface area contributed by atoms with E-state index in [1.54, 1.807) is 11.3 Å². The Bertz CT molecular complexity index is 619. The van der Waals surface area contributed by atoms with Gasteiger partial charge in [0.2, 0.25) is 0 Å². The van der Waals surface area contributed by atoms with Crippen LogP contribution in [0.15, 0.2) is 18.2 Å². The van der Waals surface area contributed by atoms with Gasteiger partial charge < -0.3 is 9.31 Å². The van der Waals surface area contributed by atoms with E-state index in [4.69, 9.17) is 9.31 Å². The fourth-order valence-electron chi connectivity index (χ4n) is 2.18. The van der Waals surface area contributed by atoms with E-state index in [9.17, 15) is 0 Å². The summed E-state index contributed by atoms with van der Waals surface area (Å²) in [5.41, 5.74) is 1.52. The molecule has 5 heteroatoms. The lowest BCUT2D eigenvalue weighted by Gasteiger charge is -2.32. The van der Waals surface area contributed by atoms with Gasteiger partial charge in [0, 0.05) is 0 Å². The number of aromatic nitrogens is 1. The third-order valence-corrected chi connectivity index (χ3v) is 4.98. The molecule has 2 aromatic rings. The molecule has 0 amide bonds. The minimum absolute atomic E-state index is 0.295. The van der Waals surface area contributed by atoms with Crippen LogP contribution in [0.4, 0.5) is 0 Å². The van der Waals surface area contributed by atoms with Crippen LogP contribution in [0.3, 0.4) is 0 Å². The quantitative estimate of drug-likeness (QED) is 0.750. The van der Waals surface area contributed by atoms with Crippen molar-refractivity contribution in [3.05, 3.63) is 23.2 Å². The molecule has 0 saturated carbocycles. The summed E-state index contributed by atoms with van der Waals surface area (Å²) >= 11 is 1.70. The Morgan fingerprint density at radius 1 is 1.11 bits per heavy atom. The predicted molar refractivity (Wildman–Crippen MR) is 80.1 cm³/mol. The van der Waals surface area contributed by atoms with Gasteiger partial charge in [-0.05, 0) is 52.2 Å².